The van der Waals surface area contributed by atoms with E-state index in [9.17, 15) is 17.6 Å². The van der Waals surface area contributed by atoms with Crippen molar-refractivity contribution in [3.05, 3.63) is 72.2 Å². The Labute approximate surface area is 172 Å². The molecule has 3 N–H and O–H groups in total. The molecule has 2 aromatic carbocycles. The van der Waals surface area contributed by atoms with Crippen molar-refractivity contribution in [2.75, 3.05) is 22.3 Å². The second-order valence-corrected chi connectivity index (χ2v) is 7.93. The number of aromatic nitrogens is 2. The summed E-state index contributed by atoms with van der Waals surface area (Å²) in [6.45, 7) is -0.126. The maximum atomic E-state index is 14.1. The van der Waals surface area contributed by atoms with Gasteiger partial charge in [-0.05, 0) is 30.3 Å². The predicted molar refractivity (Wildman–Crippen MR) is 109 cm³/mol. The van der Waals surface area contributed by atoms with Crippen LogP contribution in [0.1, 0.15) is 5.56 Å². The van der Waals surface area contributed by atoms with Crippen LogP contribution in [0, 0.1) is 17.1 Å². The molecule has 11 heteroatoms. The molecule has 9 nitrogen and oxygen atoms in total. The molecule has 0 saturated carbocycles. The van der Waals surface area contributed by atoms with Crippen molar-refractivity contribution in [1.29, 1.82) is 5.26 Å². The fourth-order valence-electron chi connectivity index (χ4n) is 2.48. The van der Waals surface area contributed by atoms with Crippen LogP contribution in [-0.2, 0) is 10.0 Å². The Balaban J connectivity index is 1.52. The summed E-state index contributed by atoms with van der Waals surface area (Å²) < 4.78 is 41.7. The van der Waals surface area contributed by atoms with Gasteiger partial charge in [-0.2, -0.15) is 5.26 Å². The average Bonchev–Trinajstić information content (AvgIpc) is 3.16. The summed E-state index contributed by atoms with van der Waals surface area (Å²) in [5.41, 5.74) is 0.723. The highest BCUT2D eigenvalue weighted by Gasteiger charge is 2.12. The number of anilines is 2. The first-order valence-electron chi connectivity index (χ1n) is 8.72. The highest BCUT2D eigenvalue weighted by atomic mass is 32.2. The highest BCUT2D eigenvalue weighted by molar-refractivity contribution is 7.92. The number of sulfonamides is 1. The minimum absolute atomic E-state index is 0.112. The van der Waals surface area contributed by atoms with Crippen LogP contribution in [0.3, 0.4) is 0 Å². The van der Waals surface area contributed by atoms with Crippen LogP contribution in [0.2, 0.25) is 0 Å². The number of hydrogen-bond acceptors (Lipinski definition) is 5. The molecule has 0 spiro atoms. The average molecular weight is 428 g/mol. The summed E-state index contributed by atoms with van der Waals surface area (Å²) in [5.74, 6) is -0.814. The van der Waals surface area contributed by atoms with Gasteiger partial charge in [0, 0.05) is 24.5 Å². The number of hydrogen-bond donors (Lipinski definition) is 3. The molecule has 3 rings (SSSR count). The van der Waals surface area contributed by atoms with Gasteiger partial charge in [0.1, 0.15) is 11.5 Å². The van der Waals surface area contributed by atoms with Crippen LogP contribution >= 0.6 is 0 Å². The summed E-state index contributed by atoms with van der Waals surface area (Å²) in [6, 6.07) is 15.0. The number of amides is 2. The smallest absolute Gasteiger partial charge is 0.320 e. The maximum Gasteiger partial charge on any atom is 0.320 e. The SMILES string of the molecule is N#Cc1ccc(-n2ccc(NC(=O)NCCS(=O)(=O)Nc3ccccc3)n2)c(F)c1. The molecular weight excluding hydrogens is 411 g/mol. The van der Waals surface area contributed by atoms with Crippen molar-refractivity contribution in [1.82, 2.24) is 15.1 Å². The van der Waals surface area contributed by atoms with Gasteiger partial charge in [-0.25, -0.2) is 22.3 Å². The van der Waals surface area contributed by atoms with Crippen molar-refractivity contribution in [2.45, 2.75) is 0 Å². The fourth-order valence-corrected chi connectivity index (χ4v) is 3.45. The Morgan fingerprint density at radius 2 is 1.93 bits per heavy atom. The number of halogens is 1. The third-order valence-electron chi connectivity index (χ3n) is 3.86. The number of carbonyl (C=O) groups is 1. The molecule has 2 amide bonds. The van der Waals surface area contributed by atoms with E-state index in [1.165, 1.54) is 29.1 Å². The topological polar surface area (TPSA) is 129 Å². The van der Waals surface area contributed by atoms with Gasteiger partial charge in [0.05, 0.1) is 17.4 Å². The van der Waals surface area contributed by atoms with E-state index in [0.717, 1.165) is 6.07 Å². The Hall–Kier alpha value is -3.91. The highest BCUT2D eigenvalue weighted by Crippen LogP contribution is 2.16. The first kappa shape index (κ1) is 20.8. The molecule has 0 aliphatic carbocycles. The van der Waals surface area contributed by atoms with E-state index >= 15 is 0 Å². The summed E-state index contributed by atoms with van der Waals surface area (Å²) in [4.78, 5) is 12.0. The van der Waals surface area contributed by atoms with Crippen molar-refractivity contribution in [3.8, 4) is 11.8 Å². The molecule has 0 bridgehead atoms. The van der Waals surface area contributed by atoms with Crippen molar-refractivity contribution in [3.63, 3.8) is 0 Å². The minimum atomic E-state index is -3.62. The van der Waals surface area contributed by atoms with Gasteiger partial charge in [0.25, 0.3) is 0 Å². The summed E-state index contributed by atoms with van der Waals surface area (Å²) in [6.07, 6.45) is 1.44. The summed E-state index contributed by atoms with van der Waals surface area (Å²) >= 11 is 0. The minimum Gasteiger partial charge on any atom is -0.337 e. The van der Waals surface area contributed by atoms with Crippen LogP contribution < -0.4 is 15.4 Å². The van der Waals surface area contributed by atoms with E-state index in [1.54, 1.807) is 30.3 Å². The van der Waals surface area contributed by atoms with Gasteiger partial charge >= 0.3 is 6.03 Å². The van der Waals surface area contributed by atoms with Crippen molar-refractivity contribution < 1.29 is 17.6 Å². The molecule has 0 atom stereocenters. The lowest BCUT2D eigenvalue weighted by atomic mass is 10.2. The maximum absolute atomic E-state index is 14.1. The van der Waals surface area contributed by atoms with Crippen LogP contribution in [0.4, 0.5) is 20.7 Å². The number of nitriles is 1. The zero-order valence-electron chi connectivity index (χ0n) is 15.5. The molecule has 0 saturated heterocycles. The molecule has 1 heterocycles. The summed E-state index contributed by atoms with van der Waals surface area (Å²) in [5, 5.41) is 17.7. The Morgan fingerprint density at radius 1 is 1.17 bits per heavy atom. The number of nitrogens with zero attached hydrogens (tertiary/aromatic N) is 3. The first-order valence-corrected chi connectivity index (χ1v) is 10.4. The molecule has 30 heavy (non-hydrogen) atoms. The van der Waals surface area contributed by atoms with Crippen molar-refractivity contribution >= 4 is 27.6 Å². The number of nitrogens with one attached hydrogen (secondary N) is 3. The Morgan fingerprint density at radius 3 is 2.63 bits per heavy atom. The van der Waals surface area contributed by atoms with E-state index < -0.39 is 21.9 Å². The second-order valence-electron chi connectivity index (χ2n) is 6.09. The molecule has 3 aromatic rings. The lowest BCUT2D eigenvalue weighted by Gasteiger charge is -2.09. The number of benzene rings is 2. The number of para-hydroxylation sites is 1. The quantitative estimate of drug-likeness (QED) is 0.532. The van der Waals surface area contributed by atoms with Crippen molar-refractivity contribution in [2.24, 2.45) is 0 Å². The molecule has 1 aromatic heterocycles. The molecular formula is C19H17FN6O3S. The third kappa shape index (κ3) is 5.55. The molecule has 0 aliphatic heterocycles. The molecule has 0 fully saturated rings. The van der Waals surface area contributed by atoms with E-state index in [0.29, 0.717) is 5.69 Å². The van der Waals surface area contributed by atoms with E-state index in [1.807, 2.05) is 6.07 Å². The molecule has 0 aliphatic rings. The largest absolute Gasteiger partial charge is 0.337 e. The standard InChI is InChI=1S/C19H17FN6O3S/c20-16-12-14(13-21)6-7-17(16)26-10-8-18(24-26)23-19(27)22-9-11-30(28,29)25-15-4-2-1-3-5-15/h1-8,10,12,25H,9,11H2,(H2,22,23,24,27). The van der Waals surface area contributed by atoms with Gasteiger partial charge in [0.15, 0.2) is 5.82 Å². The fraction of sp³-hybridized carbons (Fsp3) is 0.105. The van der Waals surface area contributed by atoms with Gasteiger partial charge in [-0.1, -0.05) is 18.2 Å². The van der Waals surface area contributed by atoms with Gasteiger partial charge in [0.2, 0.25) is 10.0 Å². The zero-order valence-corrected chi connectivity index (χ0v) is 16.4. The Kier molecular flexibility index (Phi) is 6.29. The van der Waals surface area contributed by atoms with Crippen LogP contribution in [0.25, 0.3) is 5.69 Å². The lowest BCUT2D eigenvalue weighted by molar-refractivity contribution is 0.252. The normalized spacial score (nSPS) is 10.8. The first-order chi connectivity index (χ1) is 14.4. The predicted octanol–water partition coefficient (Wildman–Crippen LogP) is 2.45. The molecule has 0 radical (unpaired) electrons. The van der Waals surface area contributed by atoms with Gasteiger partial charge in [-0.15, -0.1) is 5.10 Å². The van der Waals surface area contributed by atoms with Crippen LogP contribution in [-0.4, -0.2) is 36.5 Å². The second kappa shape index (κ2) is 9.06. The van der Waals surface area contributed by atoms with Crippen LogP contribution in [0.5, 0.6) is 0 Å². The van der Waals surface area contributed by atoms with E-state index in [2.05, 4.69) is 20.5 Å². The van der Waals surface area contributed by atoms with Gasteiger partial charge < -0.3 is 5.32 Å². The molecule has 0 unspecified atom stereocenters. The van der Waals surface area contributed by atoms with E-state index in [4.69, 9.17) is 5.26 Å². The lowest BCUT2D eigenvalue weighted by Crippen LogP contribution is -2.34. The molecule has 154 valence electrons. The Bertz CT molecular complexity index is 1190. The number of rotatable bonds is 7. The van der Waals surface area contributed by atoms with Crippen LogP contribution in [0.15, 0.2) is 60.8 Å². The zero-order chi connectivity index (χ0) is 21.6. The monoisotopic (exact) mass is 428 g/mol. The van der Waals surface area contributed by atoms with Gasteiger partial charge in [-0.3, -0.25) is 10.0 Å². The summed E-state index contributed by atoms with van der Waals surface area (Å²) in [7, 11) is -3.62. The number of carbonyl (C=O) groups excluding carboxylic acids is 1. The third-order valence-corrected chi connectivity index (χ3v) is 5.15. The number of urea groups is 1. The van der Waals surface area contributed by atoms with E-state index in [-0.39, 0.29) is 29.4 Å².